The van der Waals surface area contributed by atoms with Gasteiger partial charge in [-0.05, 0) is 44.2 Å². The Bertz CT molecular complexity index is 371. The maximum Gasteiger partial charge on any atom is 0.303 e. The van der Waals surface area contributed by atoms with Crippen molar-refractivity contribution in [2.24, 2.45) is 5.41 Å². The molecule has 0 radical (unpaired) electrons. The van der Waals surface area contributed by atoms with Crippen molar-refractivity contribution in [2.75, 3.05) is 0 Å². The highest BCUT2D eigenvalue weighted by atomic mass is 16.4. The van der Waals surface area contributed by atoms with Crippen LogP contribution in [0.3, 0.4) is 0 Å². The van der Waals surface area contributed by atoms with Gasteiger partial charge in [-0.1, -0.05) is 13.8 Å². The lowest BCUT2D eigenvalue weighted by Crippen LogP contribution is -2.17. The number of carbonyl (C=O) groups is 1. The minimum atomic E-state index is -0.702. The van der Waals surface area contributed by atoms with E-state index in [-0.39, 0.29) is 11.8 Å². The van der Waals surface area contributed by atoms with Gasteiger partial charge in [-0.15, -0.1) is 0 Å². The molecule has 0 saturated carbocycles. The summed E-state index contributed by atoms with van der Waals surface area (Å²) in [5.41, 5.74) is 2.63. The average Bonchev–Trinajstić information content (AvgIpc) is 2.54. The average molecular weight is 237 g/mol. The molecule has 1 N–H and O–H groups in total. The molecule has 1 aromatic heterocycles. The van der Waals surface area contributed by atoms with Gasteiger partial charge in [-0.3, -0.25) is 4.79 Å². The first-order valence-electron chi connectivity index (χ1n) is 6.16. The minimum absolute atomic E-state index is 0.0849. The molecule has 0 atom stereocenters. The second kappa shape index (κ2) is 5.39. The molecular weight excluding hydrogens is 214 g/mol. The Morgan fingerprint density at radius 1 is 1.24 bits per heavy atom. The third kappa shape index (κ3) is 4.25. The fourth-order valence-corrected chi connectivity index (χ4v) is 2.04. The van der Waals surface area contributed by atoms with Gasteiger partial charge >= 0.3 is 5.97 Å². The zero-order valence-corrected chi connectivity index (χ0v) is 11.3. The smallest absolute Gasteiger partial charge is 0.303 e. The molecule has 3 nitrogen and oxygen atoms in total. The highest BCUT2D eigenvalue weighted by Gasteiger charge is 2.19. The standard InChI is InChI=1S/C14H23NO2/c1-11-5-6-12(2)15(11)10-9-14(3,4)8-7-13(16)17/h5-6H,7-10H2,1-4H3,(H,16,17). The number of carboxylic acid groups (broad SMARTS) is 1. The van der Waals surface area contributed by atoms with Gasteiger partial charge in [0.25, 0.3) is 0 Å². The molecule has 0 spiro atoms. The Morgan fingerprint density at radius 3 is 2.24 bits per heavy atom. The predicted octanol–water partition coefficient (Wildman–Crippen LogP) is 3.39. The van der Waals surface area contributed by atoms with E-state index < -0.39 is 5.97 Å². The van der Waals surface area contributed by atoms with Gasteiger partial charge in [0, 0.05) is 24.4 Å². The van der Waals surface area contributed by atoms with Gasteiger partial charge in [0.05, 0.1) is 0 Å². The third-order valence-corrected chi connectivity index (χ3v) is 3.45. The van der Waals surface area contributed by atoms with Crippen LogP contribution >= 0.6 is 0 Å². The normalized spacial score (nSPS) is 11.8. The summed E-state index contributed by atoms with van der Waals surface area (Å²) in [5, 5.41) is 8.71. The van der Waals surface area contributed by atoms with E-state index in [1.54, 1.807) is 0 Å². The van der Waals surface area contributed by atoms with Gasteiger partial charge in [0.1, 0.15) is 0 Å². The highest BCUT2D eigenvalue weighted by molar-refractivity contribution is 5.66. The van der Waals surface area contributed by atoms with Gasteiger partial charge in [0.15, 0.2) is 0 Å². The molecule has 0 aromatic carbocycles. The molecule has 17 heavy (non-hydrogen) atoms. The largest absolute Gasteiger partial charge is 0.481 e. The highest BCUT2D eigenvalue weighted by Crippen LogP contribution is 2.28. The number of aliphatic carboxylic acids is 1. The van der Waals surface area contributed by atoms with Crippen LogP contribution in [0.2, 0.25) is 0 Å². The number of aromatic nitrogens is 1. The molecule has 0 unspecified atom stereocenters. The Balaban J connectivity index is 2.52. The number of nitrogens with zero attached hydrogens (tertiary/aromatic N) is 1. The fourth-order valence-electron chi connectivity index (χ4n) is 2.04. The number of hydrogen-bond donors (Lipinski definition) is 1. The van der Waals surface area contributed by atoms with Crippen LogP contribution in [0, 0.1) is 19.3 Å². The summed E-state index contributed by atoms with van der Waals surface area (Å²) in [6, 6.07) is 4.25. The van der Waals surface area contributed by atoms with Crippen LogP contribution in [0.1, 0.15) is 44.5 Å². The van der Waals surface area contributed by atoms with Crippen molar-refractivity contribution in [1.29, 1.82) is 0 Å². The second-order valence-electron chi connectivity index (χ2n) is 5.58. The Morgan fingerprint density at radius 2 is 1.76 bits per heavy atom. The maximum atomic E-state index is 10.6. The van der Waals surface area contributed by atoms with Gasteiger partial charge in [0.2, 0.25) is 0 Å². The molecule has 0 amide bonds. The van der Waals surface area contributed by atoms with Gasteiger partial charge in [-0.25, -0.2) is 0 Å². The van der Waals surface area contributed by atoms with Crippen molar-refractivity contribution in [2.45, 2.75) is 53.5 Å². The van der Waals surface area contributed by atoms with E-state index in [1.807, 2.05) is 0 Å². The summed E-state index contributed by atoms with van der Waals surface area (Å²) < 4.78 is 2.29. The lowest BCUT2D eigenvalue weighted by atomic mass is 9.84. The summed E-state index contributed by atoms with van der Waals surface area (Å²) in [6.07, 6.45) is 2.01. The molecule has 0 fully saturated rings. The molecular formula is C14H23NO2. The maximum absolute atomic E-state index is 10.6. The lowest BCUT2D eigenvalue weighted by molar-refractivity contribution is -0.137. The Kier molecular flexibility index (Phi) is 4.38. The van der Waals surface area contributed by atoms with Crippen LogP contribution in [0.25, 0.3) is 0 Å². The van der Waals surface area contributed by atoms with E-state index in [0.717, 1.165) is 19.4 Å². The zero-order valence-electron chi connectivity index (χ0n) is 11.3. The monoisotopic (exact) mass is 237 g/mol. The van der Waals surface area contributed by atoms with E-state index >= 15 is 0 Å². The van der Waals surface area contributed by atoms with Crippen LogP contribution in [0.15, 0.2) is 12.1 Å². The van der Waals surface area contributed by atoms with Gasteiger partial charge < -0.3 is 9.67 Å². The van der Waals surface area contributed by atoms with Crippen molar-refractivity contribution in [3.05, 3.63) is 23.5 Å². The molecule has 1 aromatic rings. The fraction of sp³-hybridized carbons (Fsp3) is 0.643. The topological polar surface area (TPSA) is 42.2 Å². The molecule has 0 saturated heterocycles. The lowest BCUT2D eigenvalue weighted by Gasteiger charge is -2.25. The SMILES string of the molecule is Cc1ccc(C)n1CCC(C)(C)CCC(=O)O. The van der Waals surface area contributed by atoms with Crippen LogP contribution in [-0.2, 0) is 11.3 Å². The van der Waals surface area contributed by atoms with E-state index in [0.29, 0.717) is 0 Å². The van der Waals surface area contributed by atoms with Crippen LogP contribution in [0.5, 0.6) is 0 Å². The number of aryl methyl sites for hydroxylation is 2. The van der Waals surface area contributed by atoms with Crippen LogP contribution < -0.4 is 0 Å². The summed E-state index contributed by atoms with van der Waals surface area (Å²) in [4.78, 5) is 10.6. The first-order valence-corrected chi connectivity index (χ1v) is 6.16. The molecule has 1 rings (SSSR count). The van der Waals surface area contributed by atoms with Crippen molar-refractivity contribution in [3.63, 3.8) is 0 Å². The molecule has 0 aliphatic rings. The number of hydrogen-bond acceptors (Lipinski definition) is 1. The molecule has 96 valence electrons. The first-order chi connectivity index (χ1) is 7.82. The summed E-state index contributed by atoms with van der Waals surface area (Å²) in [6.45, 7) is 9.47. The van der Waals surface area contributed by atoms with Crippen molar-refractivity contribution in [1.82, 2.24) is 4.57 Å². The summed E-state index contributed by atoms with van der Waals surface area (Å²) >= 11 is 0. The Hall–Kier alpha value is -1.25. The molecule has 3 heteroatoms. The van der Waals surface area contributed by atoms with Crippen molar-refractivity contribution in [3.8, 4) is 0 Å². The first kappa shape index (κ1) is 13.8. The summed E-state index contributed by atoms with van der Waals surface area (Å²) in [5.74, 6) is -0.702. The predicted molar refractivity (Wildman–Crippen MR) is 69.2 cm³/mol. The van der Waals surface area contributed by atoms with Crippen molar-refractivity contribution >= 4 is 5.97 Å². The van der Waals surface area contributed by atoms with Gasteiger partial charge in [-0.2, -0.15) is 0 Å². The van der Waals surface area contributed by atoms with E-state index in [9.17, 15) is 4.79 Å². The quantitative estimate of drug-likeness (QED) is 0.824. The minimum Gasteiger partial charge on any atom is -0.481 e. The zero-order chi connectivity index (χ0) is 13.1. The van der Waals surface area contributed by atoms with E-state index in [4.69, 9.17) is 5.11 Å². The third-order valence-electron chi connectivity index (χ3n) is 3.45. The van der Waals surface area contributed by atoms with Crippen LogP contribution in [-0.4, -0.2) is 15.6 Å². The molecule has 0 bridgehead atoms. The van der Waals surface area contributed by atoms with E-state index in [1.165, 1.54) is 11.4 Å². The molecule has 0 aliphatic heterocycles. The van der Waals surface area contributed by atoms with E-state index in [2.05, 4.69) is 44.4 Å². The molecule has 0 aliphatic carbocycles. The van der Waals surface area contributed by atoms with Crippen LogP contribution in [0.4, 0.5) is 0 Å². The second-order valence-corrected chi connectivity index (χ2v) is 5.58. The number of rotatable bonds is 6. The number of carboxylic acids is 1. The summed E-state index contributed by atoms with van der Waals surface area (Å²) in [7, 11) is 0. The molecule has 1 heterocycles. The Labute approximate surface area is 103 Å². The van der Waals surface area contributed by atoms with Crippen molar-refractivity contribution < 1.29 is 9.90 Å².